The van der Waals surface area contributed by atoms with E-state index in [9.17, 15) is 54.8 Å². The molecule has 388 valence electrons. The van der Waals surface area contributed by atoms with Crippen molar-refractivity contribution in [1.82, 2.24) is 0 Å². The maximum Gasteiger partial charge on any atom is 0.472 e. The van der Waals surface area contributed by atoms with Crippen molar-refractivity contribution in [3.05, 3.63) is 12.2 Å². The first-order chi connectivity index (χ1) is 31.6. The van der Waals surface area contributed by atoms with Gasteiger partial charge >= 0.3 is 19.8 Å². The SMILES string of the molecule is CCCCCCCC/C=C\CCCCCCCCCCCCCCCCCCCC(=O)OCC(O)COP(=O)(O)OC1C(OC(C)=O)[C@H](O)C(O)C(O)[C@H]1O[C@H]1OC(CO)[C@@H](O)C(O)C1N. The summed E-state index contributed by atoms with van der Waals surface area (Å²) < 4.78 is 44.3. The molecular weight excluding hydrogens is 881 g/mol. The molecule has 18 nitrogen and oxygen atoms in total. The first-order valence-corrected chi connectivity index (χ1v) is 26.5. The van der Waals surface area contributed by atoms with Crippen LogP contribution in [-0.2, 0) is 42.1 Å². The lowest BCUT2D eigenvalue weighted by Gasteiger charge is -2.48. The Balaban J connectivity index is 1.55. The Morgan fingerprint density at radius 3 is 1.61 bits per heavy atom. The average molecular weight is 970 g/mol. The Bertz CT molecular complexity index is 1340. The van der Waals surface area contributed by atoms with Crippen molar-refractivity contribution in [1.29, 1.82) is 0 Å². The molecule has 0 aromatic rings. The number of aliphatic hydroxyl groups excluding tert-OH is 7. The summed E-state index contributed by atoms with van der Waals surface area (Å²) in [4.78, 5) is 34.8. The van der Waals surface area contributed by atoms with Gasteiger partial charge < -0.3 is 65.3 Å². The molecule has 1 saturated heterocycles. The third-order valence-electron chi connectivity index (χ3n) is 12.3. The number of allylic oxidation sites excluding steroid dienone is 2. The third-order valence-corrected chi connectivity index (χ3v) is 13.3. The van der Waals surface area contributed by atoms with Crippen molar-refractivity contribution in [3.63, 3.8) is 0 Å². The molecule has 0 spiro atoms. The number of hydrogen-bond donors (Lipinski definition) is 9. The van der Waals surface area contributed by atoms with Gasteiger partial charge in [-0.05, 0) is 32.1 Å². The fourth-order valence-electron chi connectivity index (χ4n) is 8.29. The molecule has 1 aliphatic carbocycles. The fourth-order valence-corrected chi connectivity index (χ4v) is 9.26. The number of ether oxygens (including phenoxy) is 4. The molecule has 19 heteroatoms. The second-order valence-electron chi connectivity index (χ2n) is 18.2. The molecule has 2 aliphatic rings. The zero-order chi connectivity index (χ0) is 48.7. The van der Waals surface area contributed by atoms with E-state index in [0.717, 1.165) is 32.6 Å². The topological polar surface area (TPSA) is 294 Å². The van der Waals surface area contributed by atoms with E-state index < -0.39 is 113 Å². The zero-order valence-electron chi connectivity index (χ0n) is 39.9. The van der Waals surface area contributed by atoms with E-state index in [1.165, 1.54) is 128 Å². The van der Waals surface area contributed by atoms with Crippen LogP contribution in [0.2, 0.25) is 0 Å². The quantitative estimate of drug-likeness (QED) is 0.0164. The van der Waals surface area contributed by atoms with Crippen molar-refractivity contribution in [3.8, 4) is 0 Å². The molecule has 0 amide bonds. The summed E-state index contributed by atoms with van der Waals surface area (Å²) in [7, 11) is -5.30. The minimum atomic E-state index is -5.30. The predicted octanol–water partition coefficient (Wildman–Crippen LogP) is 5.29. The normalized spacial score (nSPS) is 28.3. The Kier molecular flexibility index (Phi) is 32.5. The number of esters is 2. The molecule has 9 unspecified atom stereocenters. The van der Waals surface area contributed by atoms with Gasteiger partial charge in [0, 0.05) is 13.3 Å². The summed E-state index contributed by atoms with van der Waals surface area (Å²) in [6.07, 6.45) is 15.7. The molecule has 0 aromatic heterocycles. The number of rotatable bonds is 38. The first kappa shape index (κ1) is 60.5. The molecule has 13 atom stereocenters. The number of aliphatic hydroxyl groups is 7. The molecule has 2 fully saturated rings. The summed E-state index contributed by atoms with van der Waals surface area (Å²) in [6, 6.07) is -1.53. The maximum atomic E-state index is 13.1. The van der Waals surface area contributed by atoms with Crippen LogP contribution in [0.4, 0.5) is 0 Å². The van der Waals surface area contributed by atoms with E-state index >= 15 is 0 Å². The van der Waals surface area contributed by atoms with Crippen LogP contribution in [0.3, 0.4) is 0 Å². The minimum Gasteiger partial charge on any atom is -0.463 e. The summed E-state index contributed by atoms with van der Waals surface area (Å²) in [5, 5.41) is 72.4. The van der Waals surface area contributed by atoms with Crippen LogP contribution in [0.1, 0.15) is 181 Å². The molecule has 0 radical (unpaired) electrons. The Morgan fingerprint density at radius 2 is 1.12 bits per heavy atom. The Labute approximate surface area is 393 Å². The second-order valence-corrected chi connectivity index (χ2v) is 19.6. The number of carbonyl (C=O) groups is 2. The standard InChI is InChI=1S/C47H88NO17P/c1-3-4-5-6-7-8-9-10-11-12-13-14-15-16-17-18-19-20-21-22-23-24-25-26-27-28-29-30-37(52)60-32-35(51)33-61-66(58,59)65-46-44(62-34(2)50)42(56)41(55)43(57)45(46)64-47-38(48)40(54)39(53)36(31-49)63-47/h10-11,35-36,38-47,49,51,53-57H,3-9,12-33,48H2,1-2H3,(H,58,59)/b11-10-/t35?,36?,38?,39-,40?,41?,42-,43?,44?,45-,46?,47-/m1/s1. The number of nitrogens with two attached hydrogens (primary N) is 1. The van der Waals surface area contributed by atoms with Gasteiger partial charge in [0.05, 0.1) is 19.3 Å². The van der Waals surface area contributed by atoms with Crippen LogP contribution in [0.25, 0.3) is 0 Å². The molecule has 1 saturated carbocycles. The van der Waals surface area contributed by atoms with Crippen molar-refractivity contribution >= 4 is 19.8 Å². The lowest BCUT2D eigenvalue weighted by Crippen LogP contribution is -2.69. The number of unbranched alkanes of at least 4 members (excludes halogenated alkanes) is 23. The van der Waals surface area contributed by atoms with Gasteiger partial charge in [-0.1, -0.05) is 147 Å². The van der Waals surface area contributed by atoms with Crippen molar-refractivity contribution < 1.29 is 82.8 Å². The maximum absolute atomic E-state index is 13.1. The van der Waals surface area contributed by atoms with E-state index in [2.05, 4.69) is 19.1 Å². The highest BCUT2D eigenvalue weighted by molar-refractivity contribution is 7.47. The fraction of sp³-hybridized carbons (Fsp3) is 0.915. The van der Waals surface area contributed by atoms with Gasteiger partial charge in [0.1, 0.15) is 61.5 Å². The van der Waals surface area contributed by atoms with Gasteiger partial charge in [-0.3, -0.25) is 18.6 Å². The molecule has 10 N–H and O–H groups in total. The van der Waals surface area contributed by atoms with Gasteiger partial charge in [-0.15, -0.1) is 0 Å². The summed E-state index contributed by atoms with van der Waals surface area (Å²) in [6.45, 7) is 0.938. The van der Waals surface area contributed by atoms with Crippen LogP contribution in [0, 0.1) is 0 Å². The summed E-state index contributed by atoms with van der Waals surface area (Å²) >= 11 is 0. The Morgan fingerprint density at radius 1 is 0.652 bits per heavy atom. The van der Waals surface area contributed by atoms with Gasteiger partial charge in [0.25, 0.3) is 0 Å². The van der Waals surface area contributed by atoms with Gasteiger partial charge in [-0.2, -0.15) is 0 Å². The van der Waals surface area contributed by atoms with Gasteiger partial charge in [0.2, 0.25) is 0 Å². The first-order valence-electron chi connectivity index (χ1n) is 25.0. The highest BCUT2D eigenvalue weighted by Crippen LogP contribution is 2.48. The molecule has 1 heterocycles. The smallest absolute Gasteiger partial charge is 0.463 e. The van der Waals surface area contributed by atoms with Crippen LogP contribution >= 0.6 is 7.82 Å². The third kappa shape index (κ3) is 24.8. The number of phosphoric acid groups is 1. The van der Waals surface area contributed by atoms with E-state index in [4.69, 9.17) is 33.7 Å². The van der Waals surface area contributed by atoms with Gasteiger partial charge in [-0.25, -0.2) is 4.57 Å². The monoisotopic (exact) mass is 970 g/mol. The average Bonchev–Trinajstić information content (AvgIpc) is 3.29. The molecule has 2 rings (SSSR count). The van der Waals surface area contributed by atoms with E-state index in [1.54, 1.807) is 0 Å². The summed E-state index contributed by atoms with van der Waals surface area (Å²) in [5.74, 6) is -1.59. The number of phosphoric ester groups is 1. The lowest BCUT2D eigenvalue weighted by atomic mass is 9.84. The molecule has 1 aliphatic heterocycles. The summed E-state index contributed by atoms with van der Waals surface area (Å²) in [5.41, 5.74) is 5.92. The van der Waals surface area contributed by atoms with Crippen LogP contribution < -0.4 is 5.73 Å². The lowest BCUT2D eigenvalue weighted by molar-refractivity contribution is -0.315. The van der Waals surface area contributed by atoms with Crippen LogP contribution in [0.5, 0.6) is 0 Å². The van der Waals surface area contributed by atoms with Crippen molar-refractivity contribution in [2.45, 2.75) is 254 Å². The van der Waals surface area contributed by atoms with Crippen molar-refractivity contribution in [2.75, 3.05) is 19.8 Å². The molecular formula is C47H88NO17P. The Hall–Kier alpha value is -1.61. The second kappa shape index (κ2) is 35.5. The molecule has 66 heavy (non-hydrogen) atoms. The van der Waals surface area contributed by atoms with Crippen LogP contribution in [0.15, 0.2) is 12.2 Å². The highest BCUT2D eigenvalue weighted by atomic mass is 31.2. The van der Waals surface area contributed by atoms with E-state index in [-0.39, 0.29) is 6.42 Å². The zero-order valence-corrected chi connectivity index (χ0v) is 40.8. The highest BCUT2D eigenvalue weighted by Gasteiger charge is 2.57. The number of carbonyl (C=O) groups excluding carboxylic acids is 2. The molecule has 0 bridgehead atoms. The van der Waals surface area contributed by atoms with Crippen molar-refractivity contribution in [2.24, 2.45) is 5.73 Å². The van der Waals surface area contributed by atoms with Crippen LogP contribution in [-0.4, -0.2) is 146 Å². The largest absolute Gasteiger partial charge is 0.472 e. The minimum absolute atomic E-state index is 0.132. The van der Waals surface area contributed by atoms with E-state index in [1.807, 2.05) is 0 Å². The van der Waals surface area contributed by atoms with Gasteiger partial charge in [0.15, 0.2) is 12.4 Å². The predicted molar refractivity (Wildman–Crippen MR) is 247 cm³/mol. The molecule has 0 aromatic carbocycles. The van der Waals surface area contributed by atoms with E-state index in [0.29, 0.717) is 6.42 Å². The number of hydrogen-bond acceptors (Lipinski definition) is 17.